The van der Waals surface area contributed by atoms with Crippen molar-refractivity contribution in [2.75, 3.05) is 5.32 Å². The number of benzene rings is 1. The summed E-state index contributed by atoms with van der Waals surface area (Å²) in [5.74, 6) is 0. The lowest BCUT2D eigenvalue weighted by atomic mass is 10.3. The number of primary sulfonamides is 1. The molecule has 0 spiro atoms. The molecule has 0 fully saturated rings. The molecule has 15 heavy (non-hydrogen) atoms. The van der Waals surface area contributed by atoms with Gasteiger partial charge < -0.3 is 11.1 Å². The third kappa shape index (κ3) is 3.31. The molecule has 0 atom stereocenters. The van der Waals surface area contributed by atoms with Crippen molar-refractivity contribution in [2.45, 2.75) is 4.90 Å². The summed E-state index contributed by atoms with van der Waals surface area (Å²) in [6, 6.07) is 3.95. The van der Waals surface area contributed by atoms with Crippen LogP contribution in [0.1, 0.15) is 0 Å². The molecule has 0 bridgehead atoms. The number of nitrogens with two attached hydrogens (primary N) is 2. The van der Waals surface area contributed by atoms with Gasteiger partial charge in [0.25, 0.3) is 0 Å². The molecule has 8 heteroatoms. The molecule has 1 rings (SSSR count). The summed E-state index contributed by atoms with van der Waals surface area (Å²) < 4.78 is 22.0. The van der Waals surface area contributed by atoms with Gasteiger partial charge in [-0.05, 0) is 30.4 Å². The van der Waals surface area contributed by atoms with Crippen LogP contribution in [0.4, 0.5) is 5.69 Å². The van der Waals surface area contributed by atoms with E-state index in [2.05, 4.69) is 17.5 Å². The summed E-state index contributed by atoms with van der Waals surface area (Å²) in [6.45, 7) is 0. The SMILES string of the molecule is NC(=S)Nc1cc(S(N)(=O)=O)ccc1Cl. The summed E-state index contributed by atoms with van der Waals surface area (Å²) >= 11 is 10.4. The van der Waals surface area contributed by atoms with E-state index in [1.165, 1.54) is 18.2 Å². The van der Waals surface area contributed by atoms with Gasteiger partial charge in [-0.1, -0.05) is 11.6 Å². The first-order chi connectivity index (χ1) is 6.80. The van der Waals surface area contributed by atoms with Crippen LogP contribution >= 0.6 is 23.8 Å². The van der Waals surface area contributed by atoms with Crippen molar-refractivity contribution in [3.05, 3.63) is 23.2 Å². The molecule has 0 aliphatic heterocycles. The van der Waals surface area contributed by atoms with Gasteiger partial charge in [0.1, 0.15) is 0 Å². The molecule has 0 saturated carbocycles. The van der Waals surface area contributed by atoms with E-state index in [0.717, 1.165) is 0 Å². The second kappa shape index (κ2) is 4.31. The summed E-state index contributed by atoms with van der Waals surface area (Å²) in [6.07, 6.45) is 0. The van der Waals surface area contributed by atoms with Crippen molar-refractivity contribution in [3.8, 4) is 0 Å². The topological polar surface area (TPSA) is 98.2 Å². The van der Waals surface area contributed by atoms with Gasteiger partial charge in [0, 0.05) is 0 Å². The second-order valence-electron chi connectivity index (χ2n) is 2.68. The minimum atomic E-state index is -3.76. The highest BCUT2D eigenvalue weighted by Gasteiger charge is 2.10. The van der Waals surface area contributed by atoms with Gasteiger partial charge in [-0.2, -0.15) is 0 Å². The molecule has 1 aromatic carbocycles. The maximum atomic E-state index is 11.0. The molecule has 0 heterocycles. The Morgan fingerprint density at radius 3 is 2.53 bits per heavy atom. The Kier molecular flexibility index (Phi) is 3.50. The molecule has 5 N–H and O–H groups in total. The standard InChI is InChI=1S/C7H8ClN3O2S2/c8-5-2-1-4(15(10,12)13)3-6(5)11-7(9)14/h1-3H,(H3,9,11,14)(H2,10,12,13). The lowest BCUT2D eigenvalue weighted by Crippen LogP contribution is -2.20. The average Bonchev–Trinajstić information content (AvgIpc) is 2.06. The fourth-order valence-corrected chi connectivity index (χ4v) is 1.72. The number of nitrogens with one attached hydrogen (secondary N) is 1. The van der Waals surface area contributed by atoms with Crippen LogP contribution in [0.5, 0.6) is 0 Å². The third-order valence-corrected chi connectivity index (χ3v) is 2.87. The van der Waals surface area contributed by atoms with Crippen LogP contribution in [0, 0.1) is 0 Å². The van der Waals surface area contributed by atoms with Crippen LogP contribution in [0.15, 0.2) is 23.1 Å². The molecule has 0 aliphatic rings. The zero-order valence-corrected chi connectivity index (χ0v) is 9.79. The fourth-order valence-electron chi connectivity index (χ4n) is 0.910. The lowest BCUT2D eigenvalue weighted by Gasteiger charge is -2.07. The maximum Gasteiger partial charge on any atom is 0.238 e. The van der Waals surface area contributed by atoms with Crippen LogP contribution in [-0.2, 0) is 10.0 Å². The van der Waals surface area contributed by atoms with Gasteiger partial charge >= 0.3 is 0 Å². The third-order valence-electron chi connectivity index (χ3n) is 1.52. The summed E-state index contributed by atoms with van der Waals surface area (Å²) in [7, 11) is -3.76. The zero-order valence-electron chi connectivity index (χ0n) is 7.40. The van der Waals surface area contributed by atoms with Gasteiger partial charge in [0.15, 0.2) is 5.11 Å². The molecule has 0 aromatic heterocycles. The molecular weight excluding hydrogens is 258 g/mol. The molecule has 0 radical (unpaired) electrons. The molecule has 1 aromatic rings. The van der Waals surface area contributed by atoms with E-state index in [9.17, 15) is 8.42 Å². The number of hydrogen-bond acceptors (Lipinski definition) is 3. The molecule has 0 aliphatic carbocycles. The van der Waals surface area contributed by atoms with Crippen LogP contribution in [0.3, 0.4) is 0 Å². The predicted molar refractivity (Wildman–Crippen MR) is 63.2 cm³/mol. The predicted octanol–water partition coefficient (Wildman–Crippen LogP) is 0.643. The monoisotopic (exact) mass is 265 g/mol. The molecule has 82 valence electrons. The number of rotatable bonds is 2. The number of hydrogen-bond donors (Lipinski definition) is 3. The van der Waals surface area contributed by atoms with Gasteiger partial charge in [-0.3, -0.25) is 0 Å². The Morgan fingerprint density at radius 2 is 2.07 bits per heavy atom. The van der Waals surface area contributed by atoms with E-state index >= 15 is 0 Å². The smallest absolute Gasteiger partial charge is 0.238 e. The number of halogens is 1. The van der Waals surface area contributed by atoms with E-state index < -0.39 is 10.0 Å². The largest absolute Gasteiger partial charge is 0.376 e. The summed E-state index contributed by atoms with van der Waals surface area (Å²) in [4.78, 5) is -0.0642. The van der Waals surface area contributed by atoms with Crippen molar-refractivity contribution in [2.24, 2.45) is 10.9 Å². The minimum Gasteiger partial charge on any atom is -0.376 e. The van der Waals surface area contributed by atoms with E-state index in [0.29, 0.717) is 10.7 Å². The molecule has 0 unspecified atom stereocenters. The highest BCUT2D eigenvalue weighted by molar-refractivity contribution is 7.89. The van der Waals surface area contributed by atoms with Gasteiger partial charge in [-0.15, -0.1) is 0 Å². The Morgan fingerprint density at radius 1 is 1.47 bits per heavy atom. The normalized spacial score (nSPS) is 11.1. The number of sulfonamides is 1. The fraction of sp³-hybridized carbons (Fsp3) is 0. The van der Waals surface area contributed by atoms with Gasteiger partial charge in [0.05, 0.1) is 15.6 Å². The van der Waals surface area contributed by atoms with Crippen LogP contribution in [0.2, 0.25) is 5.02 Å². The Hall–Kier alpha value is -0.890. The lowest BCUT2D eigenvalue weighted by molar-refractivity contribution is 0.598. The van der Waals surface area contributed by atoms with Crippen LogP contribution < -0.4 is 16.2 Å². The first kappa shape index (κ1) is 12.2. The summed E-state index contributed by atoms with van der Waals surface area (Å²) in [5, 5.41) is 7.78. The highest BCUT2D eigenvalue weighted by atomic mass is 35.5. The van der Waals surface area contributed by atoms with E-state index in [1.807, 2.05) is 0 Å². The van der Waals surface area contributed by atoms with E-state index in [-0.39, 0.29) is 10.0 Å². The van der Waals surface area contributed by atoms with Crippen molar-refractivity contribution in [1.29, 1.82) is 0 Å². The zero-order chi connectivity index (χ0) is 11.6. The van der Waals surface area contributed by atoms with Gasteiger partial charge in [0.2, 0.25) is 10.0 Å². The molecule has 5 nitrogen and oxygen atoms in total. The quantitative estimate of drug-likeness (QED) is 0.682. The van der Waals surface area contributed by atoms with E-state index in [4.69, 9.17) is 22.5 Å². The first-order valence-corrected chi connectivity index (χ1v) is 6.03. The van der Waals surface area contributed by atoms with Crippen LogP contribution in [-0.4, -0.2) is 13.5 Å². The maximum absolute atomic E-state index is 11.0. The second-order valence-corrected chi connectivity index (χ2v) is 5.08. The van der Waals surface area contributed by atoms with Crippen molar-refractivity contribution in [1.82, 2.24) is 0 Å². The molecular formula is C7H8ClN3O2S2. The Labute approximate surface area is 97.4 Å². The van der Waals surface area contributed by atoms with Crippen molar-refractivity contribution in [3.63, 3.8) is 0 Å². The molecule has 0 saturated heterocycles. The Bertz CT molecular complexity index is 501. The first-order valence-electron chi connectivity index (χ1n) is 3.69. The summed E-state index contributed by atoms with van der Waals surface area (Å²) in [5.41, 5.74) is 5.54. The Balaban J connectivity index is 3.23. The molecule has 0 amide bonds. The van der Waals surface area contributed by atoms with Crippen molar-refractivity contribution < 1.29 is 8.42 Å². The average molecular weight is 266 g/mol. The number of anilines is 1. The van der Waals surface area contributed by atoms with Crippen molar-refractivity contribution >= 4 is 44.6 Å². The van der Waals surface area contributed by atoms with Crippen LogP contribution in [0.25, 0.3) is 0 Å². The van der Waals surface area contributed by atoms with E-state index in [1.54, 1.807) is 0 Å². The highest BCUT2D eigenvalue weighted by Crippen LogP contribution is 2.24. The minimum absolute atomic E-state index is 0.0107. The van der Waals surface area contributed by atoms with Gasteiger partial charge in [-0.25, -0.2) is 13.6 Å². The number of thiocarbonyl (C=S) groups is 1.